The molecule has 11 heteroatoms. The van der Waals surface area contributed by atoms with Crippen LogP contribution in [-0.4, -0.2) is 71.0 Å². The molecule has 3 amide bonds. The monoisotopic (exact) mass is 540 g/mol. The molecule has 1 aromatic carbocycles. The van der Waals surface area contributed by atoms with Gasteiger partial charge in [0.2, 0.25) is 17.7 Å². The molecule has 0 radical (unpaired) electrons. The van der Waals surface area contributed by atoms with Gasteiger partial charge in [-0.2, -0.15) is 0 Å². The number of nitrogens with two attached hydrogens (primary N) is 1. The summed E-state index contributed by atoms with van der Waals surface area (Å²) in [6.07, 6.45) is 1.56. The van der Waals surface area contributed by atoms with Gasteiger partial charge in [-0.1, -0.05) is 6.08 Å². The summed E-state index contributed by atoms with van der Waals surface area (Å²) in [5.41, 5.74) is 5.27. The minimum absolute atomic E-state index is 0.00392. The first-order chi connectivity index (χ1) is 18.3. The second-order valence-corrected chi connectivity index (χ2v) is 10.4. The van der Waals surface area contributed by atoms with Gasteiger partial charge in [0.1, 0.15) is 29.5 Å². The molecule has 1 aromatic heterocycles. The zero-order chi connectivity index (χ0) is 28.9. The number of likely N-dealkylation sites (tertiary alicyclic amines) is 1. The maximum absolute atomic E-state index is 13.7. The lowest BCUT2D eigenvalue weighted by Gasteiger charge is -2.28. The molecule has 1 aliphatic heterocycles. The van der Waals surface area contributed by atoms with Crippen molar-refractivity contribution >= 4 is 34.5 Å². The van der Waals surface area contributed by atoms with E-state index in [0.29, 0.717) is 17.2 Å². The van der Waals surface area contributed by atoms with E-state index in [1.807, 2.05) is 18.2 Å². The molecule has 0 bridgehead atoms. The molecule has 1 aliphatic rings. The Morgan fingerprint density at radius 2 is 1.95 bits per heavy atom. The van der Waals surface area contributed by atoms with Gasteiger partial charge < -0.3 is 30.2 Å². The third-order valence-electron chi connectivity index (χ3n) is 6.34. The zero-order valence-electron chi connectivity index (χ0n) is 23.1. The topological polar surface area (TPSA) is 150 Å². The van der Waals surface area contributed by atoms with Crippen LogP contribution in [0.4, 0.5) is 4.79 Å². The van der Waals surface area contributed by atoms with E-state index in [4.69, 9.17) is 19.9 Å². The van der Waals surface area contributed by atoms with Crippen LogP contribution < -0.4 is 20.5 Å². The van der Waals surface area contributed by atoms with Gasteiger partial charge in [-0.25, -0.2) is 9.78 Å². The Labute approximate surface area is 227 Å². The summed E-state index contributed by atoms with van der Waals surface area (Å²) < 4.78 is 16.7. The van der Waals surface area contributed by atoms with Crippen LogP contribution in [0.15, 0.2) is 42.1 Å². The molecule has 0 spiro atoms. The highest BCUT2D eigenvalue weighted by Gasteiger charge is 2.43. The van der Waals surface area contributed by atoms with Crippen LogP contribution in [-0.2, 0) is 19.1 Å². The Morgan fingerprint density at radius 1 is 1.23 bits per heavy atom. The lowest BCUT2D eigenvalue weighted by atomic mass is 10.0. The van der Waals surface area contributed by atoms with E-state index in [0.717, 1.165) is 10.8 Å². The Kier molecular flexibility index (Phi) is 9.15. The molecule has 0 unspecified atom stereocenters. The van der Waals surface area contributed by atoms with Gasteiger partial charge in [-0.15, -0.1) is 0 Å². The quantitative estimate of drug-likeness (QED) is 0.461. The summed E-state index contributed by atoms with van der Waals surface area (Å²) in [5.74, 6) is -0.678. The summed E-state index contributed by atoms with van der Waals surface area (Å²) in [4.78, 5) is 56.9. The molecule has 3 N–H and O–H groups in total. The summed E-state index contributed by atoms with van der Waals surface area (Å²) in [6.45, 7) is 8.37. The van der Waals surface area contributed by atoms with Gasteiger partial charge in [-0.05, 0) is 69.8 Å². The zero-order valence-corrected chi connectivity index (χ0v) is 23.1. The van der Waals surface area contributed by atoms with Crippen molar-refractivity contribution in [3.05, 3.63) is 42.1 Å². The molecular weight excluding hydrogens is 504 g/mol. The molecule has 39 heavy (non-hydrogen) atoms. The van der Waals surface area contributed by atoms with E-state index in [1.165, 1.54) is 4.90 Å². The number of carbonyl (C=O) groups excluding carboxylic acids is 4. The fourth-order valence-corrected chi connectivity index (χ4v) is 4.26. The highest BCUT2D eigenvalue weighted by molar-refractivity contribution is 6.00. The Bertz CT molecular complexity index is 1280. The molecule has 2 heterocycles. The van der Waals surface area contributed by atoms with E-state index in [9.17, 15) is 19.2 Å². The molecular formula is C28H36N4O7. The molecule has 0 aliphatic carbocycles. The number of Topliss-reactive ketones (excluding diaryl/α,β-unsaturated/α-hetero) is 1. The third-order valence-corrected chi connectivity index (χ3v) is 6.34. The number of aromatic nitrogens is 1. The van der Waals surface area contributed by atoms with E-state index in [2.05, 4.69) is 10.3 Å². The van der Waals surface area contributed by atoms with E-state index in [1.54, 1.807) is 60.1 Å². The smallest absolute Gasteiger partial charge is 0.408 e. The molecule has 3 rings (SSSR count). The number of rotatable bonds is 9. The van der Waals surface area contributed by atoms with Crippen molar-refractivity contribution in [3.8, 4) is 11.6 Å². The lowest BCUT2D eigenvalue weighted by Crippen LogP contribution is -2.54. The number of methoxy groups -OCH3 is 1. The van der Waals surface area contributed by atoms with Gasteiger partial charge in [0.25, 0.3) is 0 Å². The standard InChI is InChI=1S/C28H36N4O7/c1-7-16(2)23(33)14-21(31-27(36)39-28(3,4)5)26(35)32-15-19(13-22(32)24(29)34)38-25-20-9-8-18(37-6)12-17(20)10-11-30-25/h7-12,19,21-22H,13-15H2,1-6H3,(H2,29,34)(H,31,36)/b16-7+/t19-,21+,22+/m1/s1. The van der Waals surface area contributed by atoms with Crippen LogP contribution >= 0.6 is 0 Å². The summed E-state index contributed by atoms with van der Waals surface area (Å²) in [5, 5.41) is 4.08. The lowest BCUT2D eigenvalue weighted by molar-refractivity contribution is -0.140. The fourth-order valence-electron chi connectivity index (χ4n) is 4.26. The Hall–Kier alpha value is -4.15. The van der Waals surface area contributed by atoms with Crippen LogP contribution in [0.2, 0.25) is 0 Å². The average molecular weight is 541 g/mol. The number of benzene rings is 1. The van der Waals surface area contributed by atoms with Gasteiger partial charge >= 0.3 is 6.09 Å². The molecule has 0 saturated carbocycles. The maximum Gasteiger partial charge on any atom is 0.408 e. The highest BCUT2D eigenvalue weighted by Crippen LogP contribution is 2.30. The first kappa shape index (κ1) is 29.4. The van der Waals surface area contributed by atoms with Crippen molar-refractivity contribution in [2.24, 2.45) is 5.73 Å². The van der Waals surface area contributed by atoms with Crippen molar-refractivity contribution in [1.29, 1.82) is 0 Å². The second kappa shape index (κ2) is 12.1. The number of primary amides is 1. The molecule has 2 aromatic rings. The maximum atomic E-state index is 13.7. The van der Waals surface area contributed by atoms with Crippen molar-refractivity contribution in [1.82, 2.24) is 15.2 Å². The predicted octanol–water partition coefficient (Wildman–Crippen LogP) is 2.90. The van der Waals surface area contributed by atoms with E-state index >= 15 is 0 Å². The Balaban J connectivity index is 1.85. The number of allylic oxidation sites excluding steroid dienone is 2. The van der Waals surface area contributed by atoms with Gasteiger partial charge in [0.05, 0.1) is 13.7 Å². The van der Waals surface area contributed by atoms with E-state index < -0.39 is 41.7 Å². The molecule has 3 atom stereocenters. The number of alkyl carbamates (subject to hydrolysis) is 1. The number of carbonyl (C=O) groups is 4. The highest BCUT2D eigenvalue weighted by atomic mass is 16.6. The number of amides is 3. The number of ketones is 1. The number of hydrogen-bond acceptors (Lipinski definition) is 8. The largest absolute Gasteiger partial charge is 0.497 e. The molecule has 1 fully saturated rings. The molecule has 210 valence electrons. The number of hydrogen-bond donors (Lipinski definition) is 2. The minimum Gasteiger partial charge on any atom is -0.497 e. The van der Waals surface area contributed by atoms with Crippen molar-refractivity contribution in [3.63, 3.8) is 0 Å². The summed E-state index contributed by atoms with van der Waals surface area (Å²) in [7, 11) is 1.58. The van der Waals surface area contributed by atoms with Crippen molar-refractivity contribution in [2.75, 3.05) is 13.7 Å². The number of nitrogens with zero attached hydrogens (tertiary/aromatic N) is 2. The first-order valence-electron chi connectivity index (χ1n) is 12.7. The predicted molar refractivity (Wildman–Crippen MR) is 144 cm³/mol. The van der Waals surface area contributed by atoms with Crippen molar-refractivity contribution < 1.29 is 33.4 Å². The number of ether oxygens (including phenoxy) is 3. The van der Waals surface area contributed by atoms with E-state index in [-0.39, 0.29) is 25.2 Å². The SMILES string of the molecule is C/C=C(\C)C(=O)C[C@H](NC(=O)OC(C)(C)C)C(=O)N1C[C@H](Oc2nccc3cc(OC)ccc23)C[C@H]1C(N)=O. The minimum atomic E-state index is -1.27. The van der Waals surface area contributed by atoms with Crippen LogP contribution in [0.5, 0.6) is 11.6 Å². The van der Waals surface area contributed by atoms with Gasteiger partial charge in [0, 0.05) is 24.4 Å². The van der Waals surface area contributed by atoms with Crippen LogP contribution in [0.3, 0.4) is 0 Å². The Morgan fingerprint density at radius 3 is 2.56 bits per heavy atom. The normalized spacial score (nSPS) is 18.4. The molecule has 11 nitrogen and oxygen atoms in total. The number of fused-ring (bicyclic) bond motifs is 1. The molecule has 1 saturated heterocycles. The van der Waals surface area contributed by atoms with Crippen LogP contribution in [0.25, 0.3) is 10.8 Å². The summed E-state index contributed by atoms with van der Waals surface area (Å²) in [6, 6.07) is 4.99. The fraction of sp³-hybridized carbons (Fsp3) is 0.464. The summed E-state index contributed by atoms with van der Waals surface area (Å²) >= 11 is 0. The van der Waals surface area contributed by atoms with Crippen LogP contribution in [0.1, 0.15) is 47.5 Å². The number of nitrogens with one attached hydrogen (secondary N) is 1. The number of pyridine rings is 1. The second-order valence-electron chi connectivity index (χ2n) is 10.4. The van der Waals surface area contributed by atoms with Crippen LogP contribution in [0, 0.1) is 0 Å². The van der Waals surface area contributed by atoms with Gasteiger partial charge in [-0.3, -0.25) is 14.4 Å². The van der Waals surface area contributed by atoms with Gasteiger partial charge in [0.15, 0.2) is 5.78 Å². The average Bonchev–Trinajstić information content (AvgIpc) is 3.30. The first-order valence-corrected chi connectivity index (χ1v) is 12.7. The third kappa shape index (κ3) is 7.46. The van der Waals surface area contributed by atoms with Crippen molar-refractivity contribution in [2.45, 2.75) is 71.2 Å².